The van der Waals surface area contributed by atoms with Crippen molar-refractivity contribution < 1.29 is 4.74 Å². The lowest BCUT2D eigenvalue weighted by Gasteiger charge is -2.19. The van der Waals surface area contributed by atoms with Gasteiger partial charge in [0.25, 0.3) is 0 Å². The lowest BCUT2D eigenvalue weighted by molar-refractivity contribution is 0.145. The van der Waals surface area contributed by atoms with Gasteiger partial charge < -0.3 is 19.9 Å². The number of nitrogens with zero attached hydrogens (tertiary/aromatic N) is 4. The van der Waals surface area contributed by atoms with Crippen molar-refractivity contribution in [3.05, 3.63) is 46.5 Å². The molecule has 0 radical (unpaired) electrons. The number of hydrogen-bond acceptors (Lipinski definition) is 4. The van der Waals surface area contributed by atoms with Gasteiger partial charge in [0.2, 0.25) is 0 Å². The van der Waals surface area contributed by atoms with Crippen LogP contribution in [0.1, 0.15) is 43.5 Å². The molecule has 7 nitrogen and oxygen atoms in total. The fraction of sp³-hybridized carbons (Fsp3) is 0.526. The quantitative estimate of drug-likeness (QED) is 0.229. The second-order valence-electron chi connectivity index (χ2n) is 6.28. The van der Waals surface area contributed by atoms with E-state index in [0.717, 1.165) is 54.4 Å². The summed E-state index contributed by atoms with van der Waals surface area (Å²) < 4.78 is 7.33. The smallest absolute Gasteiger partial charge is 0.192 e. The lowest BCUT2D eigenvalue weighted by atomic mass is 10.1. The molecule has 0 saturated heterocycles. The highest BCUT2D eigenvalue weighted by molar-refractivity contribution is 14.0. The fourth-order valence-corrected chi connectivity index (χ4v) is 2.58. The average molecular weight is 521 g/mol. The monoisotopic (exact) mass is 520 g/mol. The maximum Gasteiger partial charge on any atom is 0.192 e. The van der Waals surface area contributed by atoms with Crippen LogP contribution in [-0.4, -0.2) is 40.5 Å². The summed E-state index contributed by atoms with van der Waals surface area (Å²) in [4.78, 5) is 4.67. The molecule has 2 N–H and O–H groups in total. The van der Waals surface area contributed by atoms with E-state index < -0.39 is 0 Å². The molecule has 2 aromatic rings. The molecule has 9 heteroatoms. The van der Waals surface area contributed by atoms with E-state index in [2.05, 4.69) is 32.7 Å². The number of guanidine groups is 1. The van der Waals surface area contributed by atoms with Crippen molar-refractivity contribution >= 4 is 41.5 Å². The van der Waals surface area contributed by atoms with Gasteiger partial charge in [-0.3, -0.25) is 0 Å². The molecule has 156 valence electrons. The van der Waals surface area contributed by atoms with Crippen molar-refractivity contribution in [1.82, 2.24) is 25.4 Å². The molecule has 0 amide bonds. The second-order valence-corrected chi connectivity index (χ2v) is 6.72. The number of aryl methyl sites for hydroxylation is 1. The standard InChI is InChI=1S/C19H29ClN6O.HI/c1-5-27-12-6-11-21-19(22-13-18-25-24-15(3)26(18)4)23-14(2)16-7-9-17(20)10-8-16;/h7-10,14H,5-6,11-13H2,1-4H3,(H2,21,22,23);1H. The lowest BCUT2D eigenvalue weighted by Crippen LogP contribution is -2.39. The molecule has 1 atom stereocenters. The Kier molecular flexibility index (Phi) is 11.4. The van der Waals surface area contributed by atoms with Crippen molar-refractivity contribution in [2.24, 2.45) is 12.0 Å². The number of aromatic nitrogens is 3. The van der Waals surface area contributed by atoms with E-state index in [0.29, 0.717) is 6.54 Å². The van der Waals surface area contributed by atoms with Gasteiger partial charge in [0.15, 0.2) is 11.8 Å². The SMILES string of the molecule is CCOCCCNC(=NCc1nnc(C)n1C)NC(C)c1ccc(Cl)cc1.I. The summed E-state index contributed by atoms with van der Waals surface area (Å²) in [5.41, 5.74) is 1.14. The topological polar surface area (TPSA) is 76.4 Å². The van der Waals surface area contributed by atoms with Crippen molar-refractivity contribution in [2.45, 2.75) is 39.8 Å². The normalized spacial score (nSPS) is 12.4. The molecule has 0 bridgehead atoms. The Labute approximate surface area is 189 Å². The Hall–Kier alpha value is -1.39. The van der Waals surface area contributed by atoms with Crippen LogP contribution in [0.2, 0.25) is 5.02 Å². The minimum absolute atomic E-state index is 0. The Balaban J connectivity index is 0.00000392. The number of rotatable bonds is 9. The predicted octanol–water partition coefficient (Wildman–Crippen LogP) is 3.62. The Morgan fingerprint density at radius 3 is 2.61 bits per heavy atom. The van der Waals surface area contributed by atoms with E-state index in [1.807, 2.05) is 49.7 Å². The van der Waals surface area contributed by atoms with Crippen LogP contribution >= 0.6 is 35.6 Å². The van der Waals surface area contributed by atoms with Crippen molar-refractivity contribution in [3.63, 3.8) is 0 Å². The van der Waals surface area contributed by atoms with Gasteiger partial charge >= 0.3 is 0 Å². The second kappa shape index (κ2) is 12.9. The van der Waals surface area contributed by atoms with Gasteiger partial charge in [-0.25, -0.2) is 4.99 Å². The van der Waals surface area contributed by atoms with Gasteiger partial charge in [-0.1, -0.05) is 23.7 Å². The van der Waals surface area contributed by atoms with E-state index >= 15 is 0 Å². The van der Waals surface area contributed by atoms with E-state index in [4.69, 9.17) is 16.3 Å². The number of nitrogens with one attached hydrogen (secondary N) is 2. The zero-order valence-corrected chi connectivity index (χ0v) is 20.0. The largest absolute Gasteiger partial charge is 0.382 e. The number of ether oxygens (including phenoxy) is 1. The summed E-state index contributed by atoms with van der Waals surface area (Å²) in [5.74, 6) is 2.42. The Morgan fingerprint density at radius 1 is 1.29 bits per heavy atom. The molecule has 0 aliphatic carbocycles. The first-order valence-corrected chi connectivity index (χ1v) is 9.62. The summed E-state index contributed by atoms with van der Waals surface area (Å²) in [6.45, 7) is 8.70. The number of hydrogen-bond donors (Lipinski definition) is 2. The molecule has 0 aliphatic rings. The Bertz CT molecular complexity index is 735. The molecule has 0 aliphatic heterocycles. The summed E-state index contributed by atoms with van der Waals surface area (Å²) in [7, 11) is 1.94. The minimum atomic E-state index is 0. The molecule has 2 rings (SSSR count). The third-order valence-corrected chi connectivity index (χ3v) is 4.50. The van der Waals surface area contributed by atoms with E-state index in [1.165, 1.54) is 0 Å². The predicted molar refractivity (Wildman–Crippen MR) is 124 cm³/mol. The van der Waals surface area contributed by atoms with Crippen LogP contribution in [0, 0.1) is 6.92 Å². The number of halogens is 2. The van der Waals surface area contributed by atoms with Gasteiger partial charge in [0, 0.05) is 31.8 Å². The third-order valence-electron chi connectivity index (χ3n) is 4.25. The maximum absolute atomic E-state index is 5.98. The van der Waals surface area contributed by atoms with Crippen LogP contribution in [0.15, 0.2) is 29.3 Å². The van der Waals surface area contributed by atoms with Gasteiger partial charge in [0.05, 0.1) is 6.04 Å². The van der Waals surface area contributed by atoms with Gasteiger partial charge in [-0.05, 0) is 44.9 Å². The first-order chi connectivity index (χ1) is 13.0. The van der Waals surface area contributed by atoms with Crippen molar-refractivity contribution in [2.75, 3.05) is 19.8 Å². The van der Waals surface area contributed by atoms with Crippen LogP contribution in [0.3, 0.4) is 0 Å². The number of aliphatic imine (C=N–C) groups is 1. The zero-order chi connectivity index (χ0) is 19.6. The Morgan fingerprint density at radius 2 is 2.00 bits per heavy atom. The first kappa shape index (κ1) is 24.6. The summed E-state index contributed by atoms with van der Waals surface area (Å²) in [6, 6.07) is 7.90. The molecular formula is C19H30ClIN6O. The minimum Gasteiger partial charge on any atom is -0.382 e. The highest BCUT2D eigenvalue weighted by atomic mass is 127. The van der Waals surface area contributed by atoms with Crippen LogP contribution < -0.4 is 10.6 Å². The number of benzene rings is 1. The van der Waals surface area contributed by atoms with Crippen molar-refractivity contribution in [1.29, 1.82) is 0 Å². The van der Waals surface area contributed by atoms with Crippen LogP contribution in [0.4, 0.5) is 0 Å². The van der Waals surface area contributed by atoms with Crippen LogP contribution in [0.5, 0.6) is 0 Å². The maximum atomic E-state index is 5.98. The molecule has 1 heterocycles. The highest BCUT2D eigenvalue weighted by Gasteiger charge is 2.09. The molecular weight excluding hydrogens is 491 g/mol. The van der Waals surface area contributed by atoms with Crippen LogP contribution in [-0.2, 0) is 18.3 Å². The average Bonchev–Trinajstić information content (AvgIpc) is 2.98. The summed E-state index contributed by atoms with van der Waals surface area (Å²) in [6.07, 6.45) is 0.910. The molecule has 1 aromatic heterocycles. The first-order valence-electron chi connectivity index (χ1n) is 9.24. The van der Waals surface area contributed by atoms with Gasteiger partial charge in [-0.15, -0.1) is 34.2 Å². The molecule has 0 fully saturated rings. The van der Waals surface area contributed by atoms with Crippen molar-refractivity contribution in [3.8, 4) is 0 Å². The van der Waals surface area contributed by atoms with Crippen LogP contribution in [0.25, 0.3) is 0 Å². The van der Waals surface area contributed by atoms with Gasteiger partial charge in [-0.2, -0.15) is 0 Å². The zero-order valence-electron chi connectivity index (χ0n) is 16.9. The molecule has 1 aromatic carbocycles. The third kappa shape index (κ3) is 7.92. The summed E-state index contributed by atoms with van der Waals surface area (Å²) >= 11 is 5.98. The van der Waals surface area contributed by atoms with E-state index in [-0.39, 0.29) is 30.0 Å². The molecule has 1 unspecified atom stereocenters. The molecule has 0 spiro atoms. The van der Waals surface area contributed by atoms with E-state index in [1.54, 1.807) is 0 Å². The van der Waals surface area contributed by atoms with E-state index in [9.17, 15) is 0 Å². The highest BCUT2D eigenvalue weighted by Crippen LogP contribution is 2.16. The molecule has 0 saturated carbocycles. The molecule has 28 heavy (non-hydrogen) atoms. The van der Waals surface area contributed by atoms with Gasteiger partial charge in [0.1, 0.15) is 12.4 Å². The fourth-order valence-electron chi connectivity index (χ4n) is 2.46. The summed E-state index contributed by atoms with van der Waals surface area (Å²) in [5, 5.41) is 15.8.